The molecule has 1 saturated carbocycles. The van der Waals surface area contributed by atoms with Crippen LogP contribution in [-0.2, 0) is 10.3 Å². The molecule has 5 nitrogen and oxygen atoms in total. The number of hydrogen-bond acceptors (Lipinski definition) is 3. The summed E-state index contributed by atoms with van der Waals surface area (Å²) in [7, 11) is 0. The zero-order chi connectivity index (χ0) is 16.8. The lowest BCUT2D eigenvalue weighted by Crippen LogP contribution is -2.44. The molecule has 0 unspecified atom stereocenters. The number of imidazole rings is 1. The van der Waals surface area contributed by atoms with E-state index >= 15 is 0 Å². The Morgan fingerprint density at radius 1 is 1.30 bits per heavy atom. The molecule has 124 valence electrons. The third-order valence-electron chi connectivity index (χ3n) is 3.99. The lowest BCUT2D eigenvalue weighted by atomic mass is 10.0. The van der Waals surface area contributed by atoms with Crippen molar-refractivity contribution in [1.82, 2.24) is 14.7 Å². The fraction of sp³-hybridized carbons (Fsp3) is 0.556. The Bertz CT molecular complexity index is 736. The number of hydrogen-bond donors (Lipinski definition) is 1. The molecule has 0 radical (unpaired) electrons. The standard InChI is InChI=1S/C18H25N3O2/c1-17(2,3)23-16(22)20-18(4,5)15-19-11-14-13(12-8-9-12)7-6-10-21(14)15/h6-7,10-12H,8-9H2,1-5H3,(H,20,22). The first-order valence-electron chi connectivity index (χ1n) is 8.15. The fourth-order valence-electron chi connectivity index (χ4n) is 2.86. The van der Waals surface area contributed by atoms with Crippen LogP contribution < -0.4 is 5.32 Å². The summed E-state index contributed by atoms with van der Waals surface area (Å²) >= 11 is 0. The molecule has 0 spiro atoms. The molecule has 1 fully saturated rings. The maximum absolute atomic E-state index is 12.1. The van der Waals surface area contributed by atoms with E-state index in [1.54, 1.807) is 0 Å². The maximum Gasteiger partial charge on any atom is 0.408 e. The van der Waals surface area contributed by atoms with Gasteiger partial charge in [0.05, 0.1) is 17.3 Å². The van der Waals surface area contributed by atoms with Gasteiger partial charge in [-0.3, -0.25) is 0 Å². The molecule has 3 rings (SSSR count). The first-order chi connectivity index (χ1) is 10.7. The summed E-state index contributed by atoms with van der Waals surface area (Å²) < 4.78 is 7.44. The number of pyridine rings is 1. The summed E-state index contributed by atoms with van der Waals surface area (Å²) in [5, 5.41) is 2.93. The molecule has 0 bridgehead atoms. The van der Waals surface area contributed by atoms with E-state index in [1.165, 1.54) is 18.4 Å². The summed E-state index contributed by atoms with van der Waals surface area (Å²) in [6.45, 7) is 9.44. The number of rotatable bonds is 3. The lowest BCUT2D eigenvalue weighted by Gasteiger charge is -2.27. The number of aromatic nitrogens is 2. The number of nitrogens with zero attached hydrogens (tertiary/aromatic N) is 2. The van der Waals surface area contributed by atoms with Gasteiger partial charge in [-0.2, -0.15) is 0 Å². The quantitative estimate of drug-likeness (QED) is 0.932. The second-order valence-corrected chi connectivity index (χ2v) is 7.83. The van der Waals surface area contributed by atoms with Gasteiger partial charge < -0.3 is 14.5 Å². The average molecular weight is 315 g/mol. The van der Waals surface area contributed by atoms with E-state index in [2.05, 4.69) is 26.8 Å². The normalized spacial score (nSPS) is 15.7. The monoisotopic (exact) mass is 315 g/mol. The van der Waals surface area contributed by atoms with Gasteiger partial charge in [-0.25, -0.2) is 9.78 Å². The summed E-state index contributed by atoms with van der Waals surface area (Å²) in [5.74, 6) is 1.46. The van der Waals surface area contributed by atoms with Crippen molar-refractivity contribution in [3.63, 3.8) is 0 Å². The van der Waals surface area contributed by atoms with Crippen molar-refractivity contribution in [2.24, 2.45) is 0 Å². The van der Waals surface area contributed by atoms with Crippen molar-refractivity contribution in [2.45, 2.75) is 64.5 Å². The van der Waals surface area contributed by atoms with Crippen molar-refractivity contribution in [3.05, 3.63) is 35.9 Å². The first kappa shape index (κ1) is 15.8. The Kier molecular flexibility index (Phi) is 3.62. The molecular formula is C18H25N3O2. The van der Waals surface area contributed by atoms with Gasteiger partial charge in [0.25, 0.3) is 0 Å². The van der Waals surface area contributed by atoms with Crippen LogP contribution in [0.15, 0.2) is 24.5 Å². The molecule has 2 heterocycles. The number of carbonyl (C=O) groups is 1. The predicted molar refractivity (Wildman–Crippen MR) is 89.6 cm³/mol. The highest BCUT2D eigenvalue weighted by Gasteiger charge is 2.32. The topological polar surface area (TPSA) is 55.6 Å². The molecule has 1 aliphatic carbocycles. The number of fused-ring (bicyclic) bond motifs is 1. The Hall–Kier alpha value is -2.04. The van der Waals surface area contributed by atoms with E-state index in [0.29, 0.717) is 5.92 Å². The first-order valence-corrected chi connectivity index (χ1v) is 8.15. The van der Waals surface area contributed by atoms with Crippen molar-refractivity contribution >= 4 is 11.6 Å². The molecule has 0 aromatic carbocycles. The molecule has 0 saturated heterocycles. The predicted octanol–water partition coefficient (Wildman–Crippen LogP) is 3.97. The summed E-state index contributed by atoms with van der Waals surface area (Å²) in [6.07, 6.45) is 5.97. The number of amides is 1. The highest BCUT2D eigenvalue weighted by molar-refractivity contribution is 5.69. The van der Waals surface area contributed by atoms with Gasteiger partial charge in [0, 0.05) is 6.20 Å². The zero-order valence-electron chi connectivity index (χ0n) is 14.5. The van der Waals surface area contributed by atoms with Crippen LogP contribution in [0.3, 0.4) is 0 Å². The van der Waals surface area contributed by atoms with E-state index in [1.807, 2.05) is 47.0 Å². The van der Waals surface area contributed by atoms with Gasteiger partial charge in [-0.1, -0.05) is 6.07 Å². The van der Waals surface area contributed by atoms with Crippen LogP contribution >= 0.6 is 0 Å². The Balaban J connectivity index is 1.89. The molecule has 0 aliphatic heterocycles. The van der Waals surface area contributed by atoms with Gasteiger partial charge >= 0.3 is 6.09 Å². The molecule has 2 aromatic heterocycles. The average Bonchev–Trinajstić information content (AvgIpc) is 3.13. The largest absolute Gasteiger partial charge is 0.444 e. The molecule has 1 aliphatic rings. The minimum absolute atomic E-state index is 0.433. The molecular weight excluding hydrogens is 290 g/mol. The molecule has 0 atom stereocenters. The van der Waals surface area contributed by atoms with Crippen molar-refractivity contribution in [3.8, 4) is 0 Å². The molecule has 1 N–H and O–H groups in total. The highest BCUT2D eigenvalue weighted by Crippen LogP contribution is 2.42. The lowest BCUT2D eigenvalue weighted by molar-refractivity contribution is 0.0466. The SMILES string of the molecule is CC(C)(C)OC(=O)NC(C)(C)c1ncc2c(C3CC3)cccn12. The van der Waals surface area contributed by atoms with Crippen molar-refractivity contribution in [2.75, 3.05) is 0 Å². The minimum atomic E-state index is -0.628. The second kappa shape index (κ2) is 5.25. The van der Waals surface area contributed by atoms with E-state index in [0.717, 1.165) is 11.3 Å². The van der Waals surface area contributed by atoms with Gasteiger partial charge in [0.15, 0.2) is 0 Å². The Labute approximate surface area is 137 Å². The third kappa shape index (κ3) is 3.33. The van der Waals surface area contributed by atoms with Crippen LogP contribution in [0.2, 0.25) is 0 Å². The summed E-state index contributed by atoms with van der Waals surface area (Å²) in [6, 6.07) is 4.22. The van der Waals surface area contributed by atoms with Gasteiger partial charge in [0.2, 0.25) is 0 Å². The van der Waals surface area contributed by atoms with Crippen LogP contribution in [-0.4, -0.2) is 21.1 Å². The smallest absolute Gasteiger partial charge is 0.408 e. The van der Waals surface area contributed by atoms with Crippen LogP contribution in [0.5, 0.6) is 0 Å². The molecule has 2 aromatic rings. The molecule has 5 heteroatoms. The van der Waals surface area contributed by atoms with Gasteiger partial charge in [-0.05, 0) is 65.0 Å². The Morgan fingerprint density at radius 3 is 2.61 bits per heavy atom. The summed E-state index contributed by atoms with van der Waals surface area (Å²) in [5.41, 5.74) is 1.33. The van der Waals surface area contributed by atoms with Crippen LogP contribution in [0.4, 0.5) is 4.79 Å². The molecule has 1 amide bonds. The van der Waals surface area contributed by atoms with Crippen LogP contribution in [0.1, 0.15) is 64.8 Å². The van der Waals surface area contributed by atoms with E-state index in [-0.39, 0.29) is 0 Å². The van der Waals surface area contributed by atoms with Gasteiger partial charge in [0.1, 0.15) is 11.4 Å². The summed E-state index contributed by atoms with van der Waals surface area (Å²) in [4.78, 5) is 16.7. The number of alkyl carbamates (subject to hydrolysis) is 1. The number of nitrogens with one attached hydrogen (secondary N) is 1. The van der Waals surface area contributed by atoms with Crippen LogP contribution in [0.25, 0.3) is 5.52 Å². The third-order valence-corrected chi connectivity index (χ3v) is 3.99. The fourth-order valence-corrected chi connectivity index (χ4v) is 2.86. The van der Waals surface area contributed by atoms with Crippen LogP contribution in [0, 0.1) is 0 Å². The van der Waals surface area contributed by atoms with E-state index in [9.17, 15) is 4.79 Å². The van der Waals surface area contributed by atoms with Gasteiger partial charge in [-0.15, -0.1) is 0 Å². The Morgan fingerprint density at radius 2 is 2.00 bits per heavy atom. The zero-order valence-corrected chi connectivity index (χ0v) is 14.5. The van der Waals surface area contributed by atoms with E-state index < -0.39 is 17.2 Å². The second-order valence-electron chi connectivity index (χ2n) is 7.83. The highest BCUT2D eigenvalue weighted by atomic mass is 16.6. The molecule has 23 heavy (non-hydrogen) atoms. The number of ether oxygens (including phenoxy) is 1. The minimum Gasteiger partial charge on any atom is -0.444 e. The number of carbonyl (C=O) groups excluding carboxylic acids is 1. The van der Waals surface area contributed by atoms with E-state index in [4.69, 9.17) is 4.74 Å². The maximum atomic E-state index is 12.1. The van der Waals surface area contributed by atoms with Crippen molar-refractivity contribution in [1.29, 1.82) is 0 Å². The van der Waals surface area contributed by atoms with Crippen molar-refractivity contribution < 1.29 is 9.53 Å².